The van der Waals surface area contributed by atoms with Crippen molar-refractivity contribution in [3.63, 3.8) is 0 Å². The number of benzene rings is 1. The average Bonchev–Trinajstić information content (AvgIpc) is 2.35. The molecule has 0 radical (unpaired) electrons. The third-order valence-electron chi connectivity index (χ3n) is 2.34. The molecule has 4 nitrogen and oxygen atoms in total. The van der Waals surface area contributed by atoms with E-state index in [1.807, 2.05) is 13.0 Å². The highest BCUT2D eigenvalue weighted by Gasteiger charge is 2.20. The molecule has 1 aromatic carbocycles. The maximum atomic E-state index is 11.6. The summed E-state index contributed by atoms with van der Waals surface area (Å²) in [6, 6.07) is 5.37. The van der Waals surface area contributed by atoms with Crippen LogP contribution in [0.1, 0.15) is 28.4 Å². The fourth-order valence-corrected chi connectivity index (χ4v) is 1.54. The van der Waals surface area contributed by atoms with Crippen LogP contribution in [0.15, 0.2) is 12.1 Å². The molecule has 0 aromatic heterocycles. The summed E-state index contributed by atoms with van der Waals surface area (Å²) >= 11 is 0. The molecular formula is C12H13NO3. The minimum atomic E-state index is -0.481. The number of methoxy groups -OCH3 is 2. The van der Waals surface area contributed by atoms with Gasteiger partial charge in [-0.05, 0) is 18.1 Å². The summed E-state index contributed by atoms with van der Waals surface area (Å²) < 4.78 is 9.80. The number of esters is 1. The van der Waals surface area contributed by atoms with Crippen molar-refractivity contribution >= 4 is 5.97 Å². The van der Waals surface area contributed by atoms with Crippen molar-refractivity contribution < 1.29 is 14.3 Å². The van der Waals surface area contributed by atoms with Gasteiger partial charge in [0, 0.05) is 0 Å². The number of rotatable bonds is 3. The number of carbonyl (C=O) groups excluding carboxylic acids is 1. The van der Waals surface area contributed by atoms with Crippen LogP contribution in [0, 0.1) is 11.3 Å². The summed E-state index contributed by atoms with van der Waals surface area (Å²) in [6.07, 6.45) is 0.673. The third kappa shape index (κ3) is 1.98. The van der Waals surface area contributed by atoms with Crippen LogP contribution in [0.5, 0.6) is 5.75 Å². The molecule has 0 saturated carbocycles. The normalized spacial score (nSPS) is 9.38. The Labute approximate surface area is 94.4 Å². The highest BCUT2D eigenvalue weighted by atomic mass is 16.5. The highest BCUT2D eigenvalue weighted by molar-refractivity contribution is 5.95. The summed E-state index contributed by atoms with van der Waals surface area (Å²) in [5.41, 5.74) is 1.48. The smallest absolute Gasteiger partial charge is 0.341 e. The van der Waals surface area contributed by atoms with E-state index in [0.29, 0.717) is 17.5 Å². The van der Waals surface area contributed by atoms with Gasteiger partial charge in [0.2, 0.25) is 0 Å². The van der Waals surface area contributed by atoms with Crippen LogP contribution in [0.2, 0.25) is 0 Å². The highest BCUT2D eigenvalue weighted by Crippen LogP contribution is 2.27. The molecule has 0 aliphatic rings. The van der Waals surface area contributed by atoms with Gasteiger partial charge in [-0.15, -0.1) is 0 Å². The molecule has 0 unspecified atom stereocenters. The van der Waals surface area contributed by atoms with Crippen molar-refractivity contribution in [3.05, 3.63) is 28.8 Å². The number of hydrogen-bond acceptors (Lipinski definition) is 4. The fourth-order valence-electron chi connectivity index (χ4n) is 1.54. The Morgan fingerprint density at radius 1 is 1.44 bits per heavy atom. The molecule has 1 aromatic rings. The molecule has 16 heavy (non-hydrogen) atoms. The van der Waals surface area contributed by atoms with Crippen LogP contribution in [-0.4, -0.2) is 20.2 Å². The van der Waals surface area contributed by atoms with Gasteiger partial charge in [-0.2, -0.15) is 5.26 Å². The van der Waals surface area contributed by atoms with Crippen LogP contribution in [0.3, 0.4) is 0 Å². The molecule has 0 atom stereocenters. The van der Waals surface area contributed by atoms with Crippen molar-refractivity contribution in [3.8, 4) is 11.8 Å². The molecule has 0 heterocycles. The second-order valence-corrected chi connectivity index (χ2v) is 3.14. The van der Waals surface area contributed by atoms with Crippen molar-refractivity contribution in [2.24, 2.45) is 0 Å². The Kier molecular flexibility index (Phi) is 3.90. The van der Waals surface area contributed by atoms with Gasteiger partial charge in [-0.25, -0.2) is 4.79 Å². The van der Waals surface area contributed by atoms with Gasteiger partial charge in [0.05, 0.1) is 19.8 Å². The van der Waals surface area contributed by atoms with Crippen molar-refractivity contribution in [1.29, 1.82) is 5.26 Å². The minimum absolute atomic E-state index is 0.286. The number of nitriles is 1. The zero-order valence-electron chi connectivity index (χ0n) is 9.53. The van der Waals surface area contributed by atoms with Gasteiger partial charge < -0.3 is 9.47 Å². The van der Waals surface area contributed by atoms with Gasteiger partial charge in [-0.1, -0.05) is 13.0 Å². The number of ether oxygens (including phenoxy) is 2. The number of hydrogen-bond donors (Lipinski definition) is 0. The summed E-state index contributed by atoms with van der Waals surface area (Å²) in [5, 5.41) is 8.91. The molecule has 0 aliphatic carbocycles. The molecule has 4 heteroatoms. The number of carbonyl (C=O) groups is 1. The van der Waals surface area contributed by atoms with E-state index in [-0.39, 0.29) is 5.75 Å². The van der Waals surface area contributed by atoms with E-state index < -0.39 is 5.97 Å². The molecule has 0 N–H and O–H groups in total. The van der Waals surface area contributed by atoms with Crippen LogP contribution in [0.4, 0.5) is 0 Å². The van der Waals surface area contributed by atoms with Crippen LogP contribution >= 0.6 is 0 Å². The minimum Gasteiger partial charge on any atom is -0.494 e. The SMILES string of the molecule is CCc1ccc(C#N)c(OC)c1C(=O)OC. The van der Waals surface area contributed by atoms with Gasteiger partial charge >= 0.3 is 5.97 Å². The Morgan fingerprint density at radius 3 is 2.56 bits per heavy atom. The van der Waals surface area contributed by atoms with E-state index in [9.17, 15) is 4.79 Å². The fraction of sp³-hybridized carbons (Fsp3) is 0.333. The van der Waals surface area contributed by atoms with Gasteiger partial charge in [0.1, 0.15) is 11.6 Å². The molecule has 0 spiro atoms. The molecule has 0 fully saturated rings. The van der Waals surface area contributed by atoms with Crippen molar-refractivity contribution in [1.82, 2.24) is 0 Å². The van der Waals surface area contributed by atoms with Crippen LogP contribution in [0.25, 0.3) is 0 Å². The lowest BCUT2D eigenvalue weighted by Gasteiger charge is -2.12. The molecular weight excluding hydrogens is 206 g/mol. The van der Waals surface area contributed by atoms with E-state index in [1.54, 1.807) is 12.1 Å². The standard InChI is InChI=1S/C12H13NO3/c1-4-8-5-6-9(7-13)11(15-2)10(8)12(14)16-3/h5-6H,4H2,1-3H3. The van der Waals surface area contributed by atoms with E-state index in [0.717, 1.165) is 5.56 Å². The second kappa shape index (κ2) is 5.17. The molecule has 0 saturated heterocycles. The predicted octanol–water partition coefficient (Wildman–Crippen LogP) is 1.92. The van der Waals surface area contributed by atoms with E-state index in [2.05, 4.69) is 0 Å². The number of nitrogens with zero attached hydrogens (tertiary/aromatic N) is 1. The first-order valence-corrected chi connectivity index (χ1v) is 4.87. The van der Waals surface area contributed by atoms with Gasteiger partial charge in [0.25, 0.3) is 0 Å². The Bertz CT molecular complexity index is 446. The molecule has 84 valence electrons. The summed E-state index contributed by atoms with van der Waals surface area (Å²) in [4.78, 5) is 11.6. The molecule has 0 aliphatic heterocycles. The van der Waals surface area contributed by atoms with Crippen LogP contribution in [-0.2, 0) is 11.2 Å². The lowest BCUT2D eigenvalue weighted by Crippen LogP contribution is -2.09. The molecule has 0 bridgehead atoms. The lowest BCUT2D eigenvalue weighted by molar-refractivity contribution is 0.0595. The maximum absolute atomic E-state index is 11.6. The Morgan fingerprint density at radius 2 is 2.12 bits per heavy atom. The van der Waals surface area contributed by atoms with Crippen LogP contribution < -0.4 is 4.74 Å². The summed E-state index contributed by atoms with van der Waals surface area (Å²) in [6.45, 7) is 1.92. The van der Waals surface area contributed by atoms with E-state index >= 15 is 0 Å². The van der Waals surface area contributed by atoms with Crippen molar-refractivity contribution in [2.45, 2.75) is 13.3 Å². The third-order valence-corrected chi connectivity index (χ3v) is 2.34. The largest absolute Gasteiger partial charge is 0.494 e. The van der Waals surface area contributed by atoms with E-state index in [1.165, 1.54) is 14.2 Å². The average molecular weight is 219 g/mol. The van der Waals surface area contributed by atoms with Crippen molar-refractivity contribution in [2.75, 3.05) is 14.2 Å². The first-order chi connectivity index (χ1) is 7.69. The lowest BCUT2D eigenvalue weighted by atomic mass is 10.0. The monoisotopic (exact) mass is 219 g/mol. The van der Waals surface area contributed by atoms with Gasteiger partial charge in [-0.3, -0.25) is 0 Å². The first-order valence-electron chi connectivity index (χ1n) is 4.87. The molecule has 0 amide bonds. The predicted molar refractivity (Wildman–Crippen MR) is 58.4 cm³/mol. The molecule has 1 rings (SSSR count). The van der Waals surface area contributed by atoms with Gasteiger partial charge in [0.15, 0.2) is 5.75 Å². The zero-order valence-corrected chi connectivity index (χ0v) is 9.53. The maximum Gasteiger partial charge on any atom is 0.341 e. The van der Waals surface area contributed by atoms with E-state index in [4.69, 9.17) is 14.7 Å². The second-order valence-electron chi connectivity index (χ2n) is 3.14. The Hall–Kier alpha value is -2.02. The summed E-state index contributed by atoms with van der Waals surface area (Å²) in [7, 11) is 2.74. The Balaban J connectivity index is 3.50. The quantitative estimate of drug-likeness (QED) is 0.728. The number of aryl methyl sites for hydroxylation is 1. The summed E-state index contributed by atoms with van der Waals surface area (Å²) in [5.74, 6) is -0.195. The zero-order chi connectivity index (χ0) is 12.1. The first kappa shape index (κ1) is 12.1. The topological polar surface area (TPSA) is 59.3 Å².